The van der Waals surface area contributed by atoms with Gasteiger partial charge >= 0.3 is 0 Å². The van der Waals surface area contributed by atoms with Crippen molar-refractivity contribution in [1.82, 2.24) is 14.9 Å². The Morgan fingerprint density at radius 2 is 2.26 bits per heavy atom. The number of aromatic nitrogens is 2. The van der Waals surface area contributed by atoms with Gasteiger partial charge in [-0.25, -0.2) is 14.4 Å². The molecule has 1 aliphatic rings. The lowest BCUT2D eigenvalue weighted by Gasteiger charge is -2.27. The monoisotopic (exact) mass is 316 g/mol. The van der Waals surface area contributed by atoms with Crippen LogP contribution in [-0.4, -0.2) is 26.3 Å². The molecule has 0 N–H and O–H groups in total. The zero-order chi connectivity index (χ0) is 16.4. The van der Waals surface area contributed by atoms with E-state index < -0.39 is 10.7 Å². The molecule has 7 heteroatoms. The third-order valence-electron chi connectivity index (χ3n) is 4.02. The van der Waals surface area contributed by atoms with Gasteiger partial charge in [-0.2, -0.15) is 0 Å². The Bertz CT molecular complexity index is 751. The molecule has 23 heavy (non-hydrogen) atoms. The number of halogens is 1. The maximum absolute atomic E-state index is 13.4. The molecule has 6 nitrogen and oxygen atoms in total. The second-order valence-corrected chi connectivity index (χ2v) is 5.60. The van der Waals surface area contributed by atoms with E-state index in [4.69, 9.17) is 0 Å². The Morgan fingerprint density at radius 3 is 3.00 bits per heavy atom. The maximum Gasteiger partial charge on any atom is 0.274 e. The molecule has 0 aliphatic carbocycles. The molecule has 2 aromatic rings. The SMILES string of the molecule is CCc1ncc2c(n1)CN(Cc1cc(F)ccc1[N+](=O)[O-])CC2. The van der Waals surface area contributed by atoms with Gasteiger partial charge in [-0.3, -0.25) is 15.0 Å². The molecule has 1 aromatic heterocycles. The summed E-state index contributed by atoms with van der Waals surface area (Å²) in [5.41, 5.74) is 2.42. The summed E-state index contributed by atoms with van der Waals surface area (Å²) in [5, 5.41) is 11.1. The van der Waals surface area contributed by atoms with Gasteiger partial charge in [-0.15, -0.1) is 0 Å². The van der Waals surface area contributed by atoms with E-state index in [1.807, 2.05) is 13.1 Å². The van der Waals surface area contributed by atoms with Crippen LogP contribution in [0.15, 0.2) is 24.4 Å². The molecule has 0 radical (unpaired) electrons. The molecule has 0 atom stereocenters. The summed E-state index contributed by atoms with van der Waals surface area (Å²) in [6.45, 7) is 3.67. The minimum Gasteiger partial charge on any atom is -0.293 e. The summed E-state index contributed by atoms with van der Waals surface area (Å²) >= 11 is 0. The van der Waals surface area contributed by atoms with Crippen LogP contribution in [0.1, 0.15) is 29.6 Å². The first kappa shape index (κ1) is 15.5. The molecule has 0 bridgehead atoms. The predicted octanol–water partition coefficient (Wildman–Crippen LogP) is 2.64. The van der Waals surface area contributed by atoms with Crippen LogP contribution in [0.3, 0.4) is 0 Å². The lowest BCUT2D eigenvalue weighted by Crippen LogP contribution is -2.31. The lowest BCUT2D eigenvalue weighted by atomic mass is 10.1. The number of hydrogen-bond acceptors (Lipinski definition) is 5. The van der Waals surface area contributed by atoms with Gasteiger partial charge < -0.3 is 0 Å². The van der Waals surface area contributed by atoms with E-state index in [2.05, 4.69) is 14.9 Å². The number of nitro benzene ring substituents is 1. The van der Waals surface area contributed by atoms with Crippen LogP contribution in [0.5, 0.6) is 0 Å². The summed E-state index contributed by atoms with van der Waals surface area (Å²) in [6, 6.07) is 3.58. The van der Waals surface area contributed by atoms with E-state index in [0.717, 1.165) is 42.5 Å². The van der Waals surface area contributed by atoms with Crippen molar-refractivity contribution in [2.45, 2.75) is 32.9 Å². The highest BCUT2D eigenvalue weighted by molar-refractivity contribution is 5.40. The van der Waals surface area contributed by atoms with Gasteiger partial charge in [0.05, 0.1) is 10.6 Å². The number of nitro groups is 1. The normalized spacial score (nSPS) is 14.5. The molecule has 120 valence electrons. The molecule has 3 rings (SSSR count). The first-order valence-electron chi connectivity index (χ1n) is 7.55. The summed E-state index contributed by atoms with van der Waals surface area (Å²) < 4.78 is 13.4. The molecule has 0 spiro atoms. The van der Waals surface area contributed by atoms with Gasteiger partial charge in [0.2, 0.25) is 0 Å². The molecule has 0 amide bonds. The smallest absolute Gasteiger partial charge is 0.274 e. The van der Waals surface area contributed by atoms with Crippen molar-refractivity contribution in [3.8, 4) is 0 Å². The fourth-order valence-electron chi connectivity index (χ4n) is 2.80. The second-order valence-electron chi connectivity index (χ2n) is 5.60. The predicted molar refractivity (Wildman–Crippen MR) is 82.3 cm³/mol. The first-order valence-corrected chi connectivity index (χ1v) is 7.55. The van der Waals surface area contributed by atoms with Crippen molar-refractivity contribution in [3.05, 3.63) is 63.0 Å². The Hall–Kier alpha value is -2.41. The number of fused-ring (bicyclic) bond motifs is 1. The number of aryl methyl sites for hydroxylation is 1. The highest BCUT2D eigenvalue weighted by Crippen LogP contribution is 2.24. The zero-order valence-electron chi connectivity index (χ0n) is 12.8. The molecular formula is C16H17FN4O2. The number of rotatable bonds is 4. The quantitative estimate of drug-likeness (QED) is 0.640. The third-order valence-corrected chi connectivity index (χ3v) is 4.02. The van der Waals surface area contributed by atoms with E-state index in [1.54, 1.807) is 0 Å². The molecule has 1 aliphatic heterocycles. The average Bonchev–Trinajstić information content (AvgIpc) is 2.54. The highest BCUT2D eigenvalue weighted by Gasteiger charge is 2.22. The van der Waals surface area contributed by atoms with Crippen LogP contribution in [0.25, 0.3) is 0 Å². The fourth-order valence-corrected chi connectivity index (χ4v) is 2.80. The van der Waals surface area contributed by atoms with Gasteiger partial charge in [0.1, 0.15) is 11.6 Å². The Morgan fingerprint density at radius 1 is 1.43 bits per heavy atom. The molecule has 0 saturated heterocycles. The molecule has 2 heterocycles. The Kier molecular flexibility index (Phi) is 4.29. The lowest BCUT2D eigenvalue weighted by molar-refractivity contribution is -0.385. The summed E-state index contributed by atoms with van der Waals surface area (Å²) in [5.74, 6) is 0.334. The van der Waals surface area contributed by atoms with Crippen LogP contribution in [0.4, 0.5) is 10.1 Å². The minimum absolute atomic E-state index is 0.0471. The van der Waals surface area contributed by atoms with Gasteiger partial charge in [-0.1, -0.05) is 6.92 Å². The number of hydrogen-bond donors (Lipinski definition) is 0. The van der Waals surface area contributed by atoms with Crippen LogP contribution in [0, 0.1) is 15.9 Å². The molecule has 0 saturated carbocycles. The van der Waals surface area contributed by atoms with Crippen molar-refractivity contribution in [3.63, 3.8) is 0 Å². The van der Waals surface area contributed by atoms with Crippen molar-refractivity contribution in [1.29, 1.82) is 0 Å². The van der Waals surface area contributed by atoms with E-state index in [1.165, 1.54) is 12.1 Å². The second kappa shape index (κ2) is 6.37. The summed E-state index contributed by atoms with van der Waals surface area (Å²) in [6.07, 6.45) is 3.42. The standard InChI is InChI=1S/C16H17FN4O2/c1-2-16-18-8-11-5-6-20(10-14(11)19-16)9-12-7-13(17)3-4-15(12)21(22)23/h3-4,7-8H,2,5-6,9-10H2,1H3. The molecule has 1 aromatic carbocycles. The third kappa shape index (κ3) is 3.34. The van der Waals surface area contributed by atoms with Crippen molar-refractivity contribution in [2.75, 3.05) is 6.54 Å². The topological polar surface area (TPSA) is 72.2 Å². The molecule has 0 unspecified atom stereocenters. The van der Waals surface area contributed by atoms with Gasteiger partial charge in [-0.05, 0) is 24.1 Å². The van der Waals surface area contributed by atoms with Crippen LogP contribution in [-0.2, 0) is 25.9 Å². The first-order chi connectivity index (χ1) is 11.1. The summed E-state index contributed by atoms with van der Waals surface area (Å²) in [4.78, 5) is 21.5. The van der Waals surface area contributed by atoms with Crippen LogP contribution in [0.2, 0.25) is 0 Å². The Balaban J connectivity index is 1.82. The molecular weight excluding hydrogens is 299 g/mol. The number of nitrogens with zero attached hydrogens (tertiary/aromatic N) is 4. The van der Waals surface area contributed by atoms with E-state index in [-0.39, 0.29) is 5.69 Å². The van der Waals surface area contributed by atoms with Gasteiger partial charge in [0.15, 0.2) is 0 Å². The van der Waals surface area contributed by atoms with E-state index >= 15 is 0 Å². The maximum atomic E-state index is 13.4. The van der Waals surface area contributed by atoms with E-state index in [0.29, 0.717) is 18.7 Å². The van der Waals surface area contributed by atoms with Gasteiger partial charge in [0.25, 0.3) is 5.69 Å². The largest absolute Gasteiger partial charge is 0.293 e. The highest BCUT2D eigenvalue weighted by atomic mass is 19.1. The summed E-state index contributed by atoms with van der Waals surface area (Å²) in [7, 11) is 0. The number of benzene rings is 1. The van der Waals surface area contributed by atoms with Crippen molar-refractivity contribution in [2.24, 2.45) is 0 Å². The van der Waals surface area contributed by atoms with Crippen LogP contribution < -0.4 is 0 Å². The van der Waals surface area contributed by atoms with E-state index in [9.17, 15) is 14.5 Å². The van der Waals surface area contributed by atoms with Crippen molar-refractivity contribution < 1.29 is 9.31 Å². The average molecular weight is 316 g/mol. The van der Waals surface area contributed by atoms with Gasteiger partial charge in [0, 0.05) is 43.9 Å². The minimum atomic E-state index is -0.468. The Labute approximate surface area is 133 Å². The zero-order valence-corrected chi connectivity index (χ0v) is 12.8. The van der Waals surface area contributed by atoms with Crippen molar-refractivity contribution >= 4 is 5.69 Å². The fraction of sp³-hybridized carbons (Fsp3) is 0.375. The molecule has 0 fully saturated rings. The van der Waals surface area contributed by atoms with Crippen LogP contribution >= 0.6 is 0 Å².